The first-order chi connectivity index (χ1) is 21.5. The van der Waals surface area contributed by atoms with Gasteiger partial charge in [0.2, 0.25) is 5.91 Å². The highest BCUT2D eigenvalue weighted by Crippen LogP contribution is 2.33. The number of imidazole rings is 1. The number of alkyl halides is 3. The molecule has 4 aromatic rings. The second kappa shape index (κ2) is 12.2. The van der Waals surface area contributed by atoms with E-state index in [2.05, 4.69) is 37.4 Å². The van der Waals surface area contributed by atoms with Crippen LogP contribution in [0.3, 0.4) is 0 Å². The molecule has 0 spiro atoms. The number of anilines is 2. The van der Waals surface area contributed by atoms with Gasteiger partial charge in [-0.1, -0.05) is 13.0 Å². The van der Waals surface area contributed by atoms with Gasteiger partial charge in [0, 0.05) is 55.5 Å². The van der Waals surface area contributed by atoms with E-state index in [0.717, 1.165) is 63.3 Å². The summed E-state index contributed by atoms with van der Waals surface area (Å²) >= 11 is 0. The van der Waals surface area contributed by atoms with Crippen LogP contribution >= 0.6 is 0 Å². The SMILES string of the molecule is CCN1CCN(Cc2cc(NC(=O)c3cc(-c4ccc5nc(NC(=O)C6CC6)cn5n4)c(C)cc3C)cc(C(F)(F)F)c2)CC1. The summed E-state index contributed by atoms with van der Waals surface area (Å²) in [7, 11) is 0. The number of nitrogens with one attached hydrogen (secondary N) is 2. The lowest BCUT2D eigenvalue weighted by Crippen LogP contribution is -2.45. The molecule has 3 heterocycles. The first kappa shape index (κ1) is 30.7. The minimum atomic E-state index is -4.55. The van der Waals surface area contributed by atoms with Crippen LogP contribution in [0.2, 0.25) is 0 Å². The van der Waals surface area contributed by atoms with Crippen molar-refractivity contribution in [3.8, 4) is 11.3 Å². The summed E-state index contributed by atoms with van der Waals surface area (Å²) in [5.74, 6) is -0.0982. The molecule has 45 heavy (non-hydrogen) atoms. The molecule has 236 valence electrons. The van der Waals surface area contributed by atoms with Crippen molar-refractivity contribution in [2.24, 2.45) is 5.92 Å². The van der Waals surface area contributed by atoms with Crippen LogP contribution in [-0.2, 0) is 17.5 Å². The fraction of sp³-hybridized carbons (Fsp3) is 0.394. The Morgan fingerprint density at radius 3 is 2.36 bits per heavy atom. The van der Waals surface area contributed by atoms with E-state index in [4.69, 9.17) is 0 Å². The molecule has 0 unspecified atom stereocenters. The Morgan fingerprint density at radius 2 is 1.67 bits per heavy atom. The summed E-state index contributed by atoms with van der Waals surface area (Å²) in [6.45, 7) is 10.4. The number of carbonyl (C=O) groups is 2. The van der Waals surface area contributed by atoms with Gasteiger partial charge in [-0.2, -0.15) is 18.3 Å². The number of carbonyl (C=O) groups excluding carboxylic acids is 2. The third-order valence-corrected chi connectivity index (χ3v) is 8.51. The van der Waals surface area contributed by atoms with Crippen molar-refractivity contribution in [2.45, 2.75) is 46.3 Å². The maximum absolute atomic E-state index is 13.9. The molecule has 1 aliphatic heterocycles. The van der Waals surface area contributed by atoms with Crippen molar-refractivity contribution in [1.82, 2.24) is 24.4 Å². The van der Waals surface area contributed by atoms with Crippen molar-refractivity contribution in [1.29, 1.82) is 0 Å². The van der Waals surface area contributed by atoms with E-state index < -0.39 is 17.6 Å². The normalized spacial score (nSPS) is 16.2. The third-order valence-electron chi connectivity index (χ3n) is 8.51. The van der Waals surface area contributed by atoms with Crippen LogP contribution < -0.4 is 10.6 Å². The highest BCUT2D eigenvalue weighted by atomic mass is 19.4. The molecule has 2 amide bonds. The van der Waals surface area contributed by atoms with Crippen LogP contribution in [0, 0.1) is 19.8 Å². The van der Waals surface area contributed by atoms with E-state index in [1.807, 2.05) is 13.0 Å². The number of piperazine rings is 1. The molecular weight excluding hydrogens is 583 g/mol. The lowest BCUT2D eigenvalue weighted by Gasteiger charge is -2.34. The minimum Gasteiger partial charge on any atom is -0.322 e. The molecule has 1 aliphatic carbocycles. The van der Waals surface area contributed by atoms with E-state index in [1.165, 1.54) is 0 Å². The van der Waals surface area contributed by atoms with Crippen molar-refractivity contribution in [2.75, 3.05) is 43.4 Å². The van der Waals surface area contributed by atoms with E-state index >= 15 is 0 Å². The van der Waals surface area contributed by atoms with Crippen LogP contribution in [0.25, 0.3) is 16.9 Å². The maximum atomic E-state index is 13.9. The van der Waals surface area contributed by atoms with E-state index in [0.29, 0.717) is 46.0 Å². The Hall–Kier alpha value is -4.29. The van der Waals surface area contributed by atoms with Gasteiger partial charge < -0.3 is 15.5 Å². The standard InChI is InChI=1S/C33H36F3N7O2/c1-4-41-9-11-42(12-10-41)18-22-14-24(33(34,35)36)16-25(15-22)37-32(45)27-17-26(20(2)13-21(27)3)28-7-8-30-38-29(19-43(30)40-28)39-31(44)23-5-6-23/h7-8,13-17,19,23H,4-6,9-12,18H2,1-3H3,(H,37,45)(H,39,44). The van der Waals surface area contributed by atoms with Crippen LogP contribution in [0.1, 0.15) is 52.4 Å². The highest BCUT2D eigenvalue weighted by Gasteiger charge is 2.32. The average Bonchev–Trinajstić information content (AvgIpc) is 3.77. The van der Waals surface area contributed by atoms with Gasteiger partial charge >= 0.3 is 6.18 Å². The van der Waals surface area contributed by atoms with Gasteiger partial charge in [0.25, 0.3) is 5.91 Å². The lowest BCUT2D eigenvalue weighted by atomic mass is 9.97. The predicted molar refractivity (Wildman–Crippen MR) is 166 cm³/mol. The number of benzene rings is 2. The zero-order chi connectivity index (χ0) is 31.9. The van der Waals surface area contributed by atoms with Crippen molar-refractivity contribution in [3.05, 3.63) is 76.5 Å². The number of rotatable bonds is 8. The summed E-state index contributed by atoms with van der Waals surface area (Å²) in [5.41, 5.74) is 3.52. The van der Waals surface area contributed by atoms with Crippen LogP contribution in [-0.4, -0.2) is 68.9 Å². The van der Waals surface area contributed by atoms with Crippen LogP contribution in [0.15, 0.2) is 48.7 Å². The Bertz CT molecular complexity index is 1760. The summed E-state index contributed by atoms with van der Waals surface area (Å²) in [6, 6.07) is 10.9. The zero-order valence-corrected chi connectivity index (χ0v) is 25.5. The Morgan fingerprint density at radius 1 is 0.933 bits per heavy atom. The Labute approximate surface area is 259 Å². The number of amides is 2. The van der Waals surface area contributed by atoms with Gasteiger partial charge in [-0.15, -0.1) is 0 Å². The molecule has 6 rings (SSSR count). The fourth-order valence-electron chi connectivity index (χ4n) is 5.77. The number of likely N-dealkylation sites (N-methyl/N-ethyl adjacent to an activating group) is 1. The molecule has 2 aromatic carbocycles. The van der Waals surface area contributed by atoms with E-state index in [1.54, 1.807) is 41.9 Å². The highest BCUT2D eigenvalue weighted by molar-refractivity contribution is 6.06. The largest absolute Gasteiger partial charge is 0.416 e. The molecule has 1 saturated heterocycles. The molecule has 0 radical (unpaired) electrons. The first-order valence-electron chi connectivity index (χ1n) is 15.2. The quantitative estimate of drug-likeness (QED) is 0.260. The smallest absolute Gasteiger partial charge is 0.322 e. The first-order valence-corrected chi connectivity index (χ1v) is 15.2. The number of hydrogen-bond acceptors (Lipinski definition) is 6. The van der Waals surface area contributed by atoms with Gasteiger partial charge in [0.1, 0.15) is 0 Å². The molecule has 2 N–H and O–H groups in total. The number of fused-ring (bicyclic) bond motifs is 1. The molecule has 2 aromatic heterocycles. The Kier molecular flexibility index (Phi) is 8.36. The van der Waals surface area contributed by atoms with Crippen molar-refractivity contribution in [3.63, 3.8) is 0 Å². The third kappa shape index (κ3) is 7.02. The van der Waals surface area contributed by atoms with Gasteiger partial charge in [0.15, 0.2) is 11.5 Å². The average molecular weight is 620 g/mol. The molecule has 2 fully saturated rings. The molecular formula is C33H36F3N7O2. The zero-order valence-electron chi connectivity index (χ0n) is 25.5. The van der Waals surface area contributed by atoms with Crippen LogP contribution in [0.4, 0.5) is 24.7 Å². The monoisotopic (exact) mass is 619 g/mol. The van der Waals surface area contributed by atoms with Crippen molar-refractivity contribution >= 4 is 29.0 Å². The number of hydrogen-bond donors (Lipinski definition) is 2. The fourth-order valence-corrected chi connectivity index (χ4v) is 5.77. The second-order valence-corrected chi connectivity index (χ2v) is 12.0. The van der Waals surface area contributed by atoms with Gasteiger partial charge in [-0.3, -0.25) is 14.5 Å². The minimum absolute atomic E-state index is 0.0438. The molecule has 0 bridgehead atoms. The lowest BCUT2D eigenvalue weighted by molar-refractivity contribution is -0.137. The number of nitrogens with zero attached hydrogens (tertiary/aromatic N) is 5. The van der Waals surface area contributed by atoms with E-state index in [-0.39, 0.29) is 17.5 Å². The van der Waals surface area contributed by atoms with Crippen LogP contribution in [0.5, 0.6) is 0 Å². The Balaban J connectivity index is 1.24. The molecule has 0 atom stereocenters. The van der Waals surface area contributed by atoms with Gasteiger partial charge in [0.05, 0.1) is 17.5 Å². The van der Waals surface area contributed by atoms with Crippen molar-refractivity contribution < 1.29 is 22.8 Å². The number of aromatic nitrogens is 3. The van der Waals surface area contributed by atoms with Gasteiger partial charge in [-0.05, 0) is 86.3 Å². The summed E-state index contributed by atoms with van der Waals surface area (Å²) in [5, 5.41) is 10.2. The van der Waals surface area contributed by atoms with E-state index in [9.17, 15) is 22.8 Å². The van der Waals surface area contributed by atoms with Gasteiger partial charge in [-0.25, -0.2) is 9.50 Å². The molecule has 9 nitrogen and oxygen atoms in total. The predicted octanol–water partition coefficient (Wildman–Crippen LogP) is 5.77. The topological polar surface area (TPSA) is 94.9 Å². The summed E-state index contributed by atoms with van der Waals surface area (Å²) in [6.07, 6.45) is -1.14. The molecule has 2 aliphatic rings. The summed E-state index contributed by atoms with van der Waals surface area (Å²) < 4.78 is 43.2. The summed E-state index contributed by atoms with van der Waals surface area (Å²) in [4.78, 5) is 34.6. The maximum Gasteiger partial charge on any atom is 0.416 e. The number of halogens is 3. The molecule has 1 saturated carbocycles. The molecule has 12 heteroatoms. The second-order valence-electron chi connectivity index (χ2n) is 12.0. The number of aryl methyl sites for hydroxylation is 2.